The molecule has 15 heteroatoms. The Hall–Kier alpha value is -3.76. The number of hydrogen-bond acceptors (Lipinski definition) is 10. The number of sulfonamides is 1. The second-order valence-electron chi connectivity index (χ2n) is 13.7. The molecule has 0 saturated heterocycles. The SMILES string of the molecule is CC[C@H](C)[C@H](NC(=O)N(C)Cc1csc(CCN)n1)C(=O)N[C@@H](Cc1ccccc1)[C@H](O)CN(CC1CCCC1)S(=O)(=O)c1ccc(CN=O)cc1. The van der Waals surface area contributed by atoms with E-state index in [0.29, 0.717) is 24.9 Å². The predicted octanol–water partition coefficient (Wildman–Crippen LogP) is 4.44. The van der Waals surface area contributed by atoms with Crippen LogP contribution in [0.15, 0.2) is 70.0 Å². The number of aliphatic hydroxyl groups is 1. The standard InChI is InChI=1S/C37H53N7O6S2/c1-4-26(2)35(42-37(47)43(3)23-30-25-51-34(40-30)18-19-38)36(46)41-32(20-27-10-6-5-7-11-27)33(45)24-44(22-29-12-8-9-13-29)52(49,50)31-16-14-28(15-17-31)21-39-48/h5-7,10-11,14-17,25-26,29,32-33,35,45H,4,8-9,12-13,18-24,38H2,1-3H3,(H,41,46)(H,42,47)/t26-,32-,33+,35-/m0/s1. The van der Waals surface area contributed by atoms with Crippen LogP contribution >= 0.6 is 11.3 Å². The molecule has 4 rings (SSSR count). The first-order valence-electron chi connectivity index (χ1n) is 18.0. The zero-order chi connectivity index (χ0) is 37.7. The minimum atomic E-state index is -4.06. The molecule has 284 valence electrons. The van der Waals surface area contributed by atoms with Crippen LogP contribution in [0.4, 0.5) is 4.79 Å². The molecule has 0 spiro atoms. The van der Waals surface area contributed by atoms with Crippen molar-refractivity contribution in [3.8, 4) is 0 Å². The quantitative estimate of drug-likeness (QED) is 0.122. The van der Waals surface area contributed by atoms with Crippen molar-refractivity contribution in [2.45, 2.75) is 95.0 Å². The zero-order valence-corrected chi connectivity index (χ0v) is 31.9. The van der Waals surface area contributed by atoms with Crippen molar-refractivity contribution in [1.82, 2.24) is 24.8 Å². The summed E-state index contributed by atoms with van der Waals surface area (Å²) in [5.41, 5.74) is 7.82. The van der Waals surface area contributed by atoms with Gasteiger partial charge in [0.25, 0.3) is 0 Å². The number of nitrogens with two attached hydrogens (primary N) is 1. The van der Waals surface area contributed by atoms with Gasteiger partial charge in [0.2, 0.25) is 15.9 Å². The third-order valence-corrected chi connectivity index (χ3v) is 12.5. The van der Waals surface area contributed by atoms with Gasteiger partial charge < -0.3 is 26.4 Å². The molecule has 52 heavy (non-hydrogen) atoms. The average Bonchev–Trinajstić information content (AvgIpc) is 3.82. The topological polar surface area (TPSA) is 187 Å². The molecular weight excluding hydrogens is 703 g/mol. The van der Waals surface area contributed by atoms with E-state index in [4.69, 9.17) is 5.73 Å². The van der Waals surface area contributed by atoms with E-state index >= 15 is 0 Å². The van der Waals surface area contributed by atoms with E-state index in [0.717, 1.165) is 41.9 Å². The molecule has 0 bridgehead atoms. The van der Waals surface area contributed by atoms with Crippen LogP contribution in [0, 0.1) is 16.7 Å². The first-order chi connectivity index (χ1) is 24.9. The van der Waals surface area contributed by atoms with Crippen LogP contribution in [-0.2, 0) is 40.7 Å². The van der Waals surface area contributed by atoms with Gasteiger partial charge in [-0.3, -0.25) is 4.79 Å². The Kier molecular flexibility index (Phi) is 15.7. The van der Waals surface area contributed by atoms with Gasteiger partial charge in [-0.2, -0.15) is 9.21 Å². The van der Waals surface area contributed by atoms with Crippen LogP contribution in [0.5, 0.6) is 0 Å². The van der Waals surface area contributed by atoms with Crippen molar-refractivity contribution in [3.05, 3.63) is 86.7 Å². The number of aromatic nitrogens is 1. The van der Waals surface area contributed by atoms with Crippen molar-refractivity contribution in [3.63, 3.8) is 0 Å². The number of rotatable bonds is 20. The van der Waals surface area contributed by atoms with Crippen LogP contribution in [0.1, 0.15) is 67.8 Å². The number of carbonyl (C=O) groups excluding carboxylic acids is 2. The predicted molar refractivity (Wildman–Crippen MR) is 203 cm³/mol. The lowest BCUT2D eigenvalue weighted by Crippen LogP contribution is -2.58. The van der Waals surface area contributed by atoms with E-state index < -0.39 is 40.1 Å². The Labute approximate surface area is 311 Å². The second-order valence-corrected chi connectivity index (χ2v) is 16.6. The van der Waals surface area contributed by atoms with Crippen molar-refractivity contribution in [1.29, 1.82) is 0 Å². The first kappa shape index (κ1) is 41.0. The molecule has 1 saturated carbocycles. The third kappa shape index (κ3) is 11.6. The summed E-state index contributed by atoms with van der Waals surface area (Å²) in [4.78, 5) is 44.3. The van der Waals surface area contributed by atoms with E-state index in [1.54, 1.807) is 19.2 Å². The summed E-state index contributed by atoms with van der Waals surface area (Å²) in [6.45, 7) is 4.45. The highest BCUT2D eigenvalue weighted by molar-refractivity contribution is 7.89. The van der Waals surface area contributed by atoms with Crippen LogP contribution in [0.3, 0.4) is 0 Å². The molecule has 1 fully saturated rings. The molecule has 13 nitrogen and oxygen atoms in total. The van der Waals surface area contributed by atoms with Gasteiger partial charge >= 0.3 is 6.03 Å². The summed E-state index contributed by atoms with van der Waals surface area (Å²) in [7, 11) is -2.42. The van der Waals surface area contributed by atoms with E-state index in [9.17, 15) is 28.0 Å². The van der Waals surface area contributed by atoms with Crippen molar-refractivity contribution in [2.75, 3.05) is 26.7 Å². The van der Waals surface area contributed by atoms with Gasteiger partial charge in [-0.25, -0.2) is 18.2 Å². The Balaban J connectivity index is 1.55. The maximum atomic E-state index is 14.1. The lowest BCUT2D eigenvalue weighted by atomic mass is 9.96. The molecule has 4 atom stereocenters. The summed E-state index contributed by atoms with van der Waals surface area (Å²) in [6.07, 6.45) is 3.99. The van der Waals surface area contributed by atoms with Crippen LogP contribution in [0.2, 0.25) is 0 Å². The zero-order valence-electron chi connectivity index (χ0n) is 30.3. The Bertz CT molecular complexity index is 1680. The van der Waals surface area contributed by atoms with Crippen LogP contribution in [-0.4, -0.2) is 84.5 Å². The highest BCUT2D eigenvalue weighted by Crippen LogP contribution is 2.28. The highest BCUT2D eigenvalue weighted by Gasteiger charge is 2.35. The van der Waals surface area contributed by atoms with Crippen LogP contribution in [0.25, 0.3) is 0 Å². The molecular formula is C37H53N7O6S2. The molecule has 3 aromatic rings. The van der Waals surface area contributed by atoms with Gasteiger partial charge in [-0.05, 0) is 60.9 Å². The van der Waals surface area contributed by atoms with Crippen LogP contribution < -0.4 is 16.4 Å². The van der Waals surface area contributed by atoms with Gasteiger partial charge in [0.1, 0.15) is 12.6 Å². The molecule has 0 aliphatic heterocycles. The summed E-state index contributed by atoms with van der Waals surface area (Å²) < 4.78 is 29.5. The molecule has 1 aromatic heterocycles. The lowest BCUT2D eigenvalue weighted by Gasteiger charge is -2.33. The Morgan fingerprint density at radius 2 is 1.77 bits per heavy atom. The number of amides is 3. The molecule has 0 unspecified atom stereocenters. The van der Waals surface area contributed by atoms with Gasteiger partial charge in [-0.1, -0.05) is 80.8 Å². The largest absolute Gasteiger partial charge is 0.390 e. The fourth-order valence-electron chi connectivity index (χ4n) is 6.42. The van der Waals surface area contributed by atoms with Crippen molar-refractivity contribution < 1.29 is 23.1 Å². The average molecular weight is 756 g/mol. The maximum Gasteiger partial charge on any atom is 0.318 e. The van der Waals surface area contributed by atoms with Gasteiger partial charge in [0.15, 0.2) is 0 Å². The number of benzene rings is 2. The molecule has 1 heterocycles. The number of aliphatic hydroxyl groups excluding tert-OH is 1. The highest BCUT2D eigenvalue weighted by atomic mass is 32.2. The molecule has 1 aliphatic rings. The Morgan fingerprint density at radius 3 is 2.40 bits per heavy atom. The molecule has 1 aliphatic carbocycles. The summed E-state index contributed by atoms with van der Waals surface area (Å²) in [5, 5.41) is 23.4. The maximum absolute atomic E-state index is 14.1. The van der Waals surface area contributed by atoms with Gasteiger partial charge in [0, 0.05) is 31.9 Å². The number of thiazole rings is 1. The van der Waals surface area contributed by atoms with Crippen molar-refractivity contribution >= 4 is 33.3 Å². The first-order valence-corrected chi connectivity index (χ1v) is 20.3. The molecule has 0 radical (unpaired) electrons. The van der Waals surface area contributed by atoms with E-state index in [2.05, 4.69) is 20.8 Å². The monoisotopic (exact) mass is 755 g/mol. The van der Waals surface area contributed by atoms with Gasteiger partial charge in [0.05, 0.1) is 34.3 Å². The summed E-state index contributed by atoms with van der Waals surface area (Å²) >= 11 is 1.49. The second kappa shape index (κ2) is 19.9. The Morgan fingerprint density at radius 1 is 1.08 bits per heavy atom. The minimum absolute atomic E-state index is 0.0490. The van der Waals surface area contributed by atoms with E-state index in [-0.39, 0.29) is 49.3 Å². The fraction of sp³-hybridized carbons (Fsp3) is 0.541. The molecule has 5 N–H and O–H groups in total. The number of urea groups is 1. The minimum Gasteiger partial charge on any atom is -0.390 e. The third-order valence-electron chi connectivity index (χ3n) is 9.70. The van der Waals surface area contributed by atoms with E-state index in [1.165, 1.54) is 32.7 Å². The number of nitrogens with one attached hydrogen (secondary N) is 2. The number of nitroso groups, excluding NO2 is 1. The number of hydrogen-bond donors (Lipinski definition) is 4. The molecule has 3 amide bonds. The molecule has 2 aromatic carbocycles. The lowest BCUT2D eigenvalue weighted by molar-refractivity contribution is -0.125. The normalized spacial score (nSPS) is 15.9. The smallest absolute Gasteiger partial charge is 0.318 e. The van der Waals surface area contributed by atoms with Crippen molar-refractivity contribution in [2.24, 2.45) is 22.7 Å². The number of carbonyl (C=O) groups is 2. The van der Waals surface area contributed by atoms with E-state index in [1.807, 2.05) is 49.6 Å². The number of nitrogens with zero attached hydrogens (tertiary/aromatic N) is 4. The summed E-state index contributed by atoms with van der Waals surface area (Å²) in [6, 6.07) is 13.1. The fourth-order valence-corrected chi connectivity index (χ4v) is 8.76. The summed E-state index contributed by atoms with van der Waals surface area (Å²) in [5.74, 6) is -0.584. The van der Waals surface area contributed by atoms with Gasteiger partial charge in [-0.15, -0.1) is 11.3 Å².